The van der Waals surface area contributed by atoms with Crippen LogP contribution in [0, 0.1) is 10.1 Å². The number of carbonyl (C=O) groups is 1. The number of rotatable bonds is 6. The van der Waals surface area contributed by atoms with Gasteiger partial charge in [0.2, 0.25) is 0 Å². The first-order valence-electron chi connectivity index (χ1n) is 8.58. The quantitative estimate of drug-likeness (QED) is 0.338. The molecule has 0 aliphatic heterocycles. The summed E-state index contributed by atoms with van der Waals surface area (Å²) in [6.07, 6.45) is 1.59. The van der Waals surface area contributed by atoms with Crippen molar-refractivity contribution in [3.63, 3.8) is 0 Å². The van der Waals surface area contributed by atoms with Gasteiger partial charge < -0.3 is 4.57 Å². The first-order chi connectivity index (χ1) is 13.8. The maximum atomic E-state index is 12.8. The Morgan fingerprint density at radius 1 is 1.31 bits per heavy atom. The lowest BCUT2D eigenvalue weighted by molar-refractivity contribution is -0.384. The lowest BCUT2D eigenvalue weighted by Crippen LogP contribution is -2.17. The van der Waals surface area contributed by atoms with Crippen molar-refractivity contribution in [1.82, 2.24) is 4.57 Å². The Balaban J connectivity index is 2.21. The fourth-order valence-corrected chi connectivity index (χ4v) is 4.88. The Labute approximate surface area is 170 Å². The number of nitro benzene ring substituents is 1. The molecule has 1 aromatic heterocycles. The van der Waals surface area contributed by atoms with Crippen molar-refractivity contribution < 1.29 is 18.1 Å². The summed E-state index contributed by atoms with van der Waals surface area (Å²) in [6, 6.07) is 10.3. The van der Waals surface area contributed by atoms with Crippen LogP contribution < -0.4 is 4.80 Å². The van der Waals surface area contributed by atoms with Crippen molar-refractivity contribution in [3.05, 3.63) is 75.6 Å². The predicted octanol–water partition coefficient (Wildman–Crippen LogP) is 3.33. The van der Waals surface area contributed by atoms with Crippen LogP contribution >= 0.6 is 11.3 Å². The molecule has 0 atom stereocenters. The van der Waals surface area contributed by atoms with Crippen molar-refractivity contribution in [2.45, 2.75) is 18.4 Å². The number of carbonyl (C=O) groups excluding carboxylic acids is 1. The average Bonchev–Trinajstić information content (AvgIpc) is 3.04. The van der Waals surface area contributed by atoms with Crippen LogP contribution in [0.5, 0.6) is 0 Å². The summed E-state index contributed by atoms with van der Waals surface area (Å²) in [5, 5.41) is 11.1. The molecule has 8 nitrogen and oxygen atoms in total. The maximum Gasteiger partial charge on any atom is 0.280 e. The molecule has 1 heterocycles. The summed E-state index contributed by atoms with van der Waals surface area (Å²) in [6.45, 7) is 5.46. The predicted molar refractivity (Wildman–Crippen MR) is 111 cm³/mol. The van der Waals surface area contributed by atoms with Crippen LogP contribution in [0.2, 0.25) is 0 Å². The molecule has 0 N–H and O–H groups in total. The summed E-state index contributed by atoms with van der Waals surface area (Å²) in [7, 11) is -3.60. The molecule has 29 heavy (non-hydrogen) atoms. The number of fused-ring (bicyclic) bond motifs is 1. The van der Waals surface area contributed by atoms with E-state index in [-0.39, 0.29) is 28.4 Å². The fourth-order valence-electron chi connectivity index (χ4n) is 2.78. The van der Waals surface area contributed by atoms with E-state index in [1.807, 2.05) is 0 Å². The van der Waals surface area contributed by atoms with Crippen LogP contribution in [0.4, 0.5) is 5.69 Å². The molecular formula is C19H17N3O5S2. The molecule has 1 amide bonds. The van der Waals surface area contributed by atoms with Crippen LogP contribution in [0.15, 0.2) is 65.0 Å². The number of nitrogens with zero attached hydrogens (tertiary/aromatic N) is 3. The lowest BCUT2D eigenvalue weighted by atomic mass is 10.2. The zero-order valence-corrected chi connectivity index (χ0v) is 17.1. The highest BCUT2D eigenvalue weighted by molar-refractivity contribution is 7.91. The standard InChI is InChI=1S/C19H17N3O5S2/c1-3-11-21-15-12-13(22(24)25)9-10-16(15)28-19(21)20-18(23)14-7-5-6-8-17(14)29(26,27)4-2/h3,5-10,12H,1,4,11H2,2H3. The van der Waals surface area contributed by atoms with E-state index in [1.54, 1.807) is 28.8 Å². The number of nitro groups is 1. The van der Waals surface area contributed by atoms with E-state index >= 15 is 0 Å². The highest BCUT2D eigenvalue weighted by atomic mass is 32.2. The van der Waals surface area contributed by atoms with Crippen molar-refractivity contribution >= 4 is 43.0 Å². The van der Waals surface area contributed by atoms with Crippen molar-refractivity contribution in [2.24, 2.45) is 4.99 Å². The molecule has 0 bridgehead atoms. The average molecular weight is 431 g/mol. The van der Waals surface area contributed by atoms with Gasteiger partial charge in [0, 0.05) is 18.7 Å². The zero-order valence-electron chi connectivity index (χ0n) is 15.4. The van der Waals surface area contributed by atoms with E-state index in [0.717, 1.165) is 0 Å². The third-order valence-electron chi connectivity index (χ3n) is 4.22. The van der Waals surface area contributed by atoms with Gasteiger partial charge in [-0.05, 0) is 18.2 Å². The fraction of sp³-hybridized carbons (Fsp3) is 0.158. The van der Waals surface area contributed by atoms with Gasteiger partial charge in [0.1, 0.15) is 0 Å². The topological polar surface area (TPSA) is 112 Å². The van der Waals surface area contributed by atoms with Gasteiger partial charge in [-0.1, -0.05) is 36.5 Å². The normalized spacial score (nSPS) is 12.2. The third-order valence-corrected chi connectivity index (χ3v) is 7.06. The number of thiazole rings is 1. The number of hydrogen-bond donors (Lipinski definition) is 0. The van der Waals surface area contributed by atoms with Gasteiger partial charge in [-0.3, -0.25) is 14.9 Å². The minimum Gasteiger partial charge on any atom is -0.312 e. The molecule has 150 valence electrons. The maximum absolute atomic E-state index is 12.8. The zero-order chi connectivity index (χ0) is 21.2. The van der Waals surface area contributed by atoms with E-state index in [1.165, 1.54) is 42.5 Å². The number of non-ortho nitro benzene ring substituents is 1. The van der Waals surface area contributed by atoms with E-state index in [0.29, 0.717) is 15.0 Å². The van der Waals surface area contributed by atoms with Crippen molar-refractivity contribution in [1.29, 1.82) is 0 Å². The van der Waals surface area contributed by atoms with E-state index in [9.17, 15) is 23.3 Å². The SMILES string of the molecule is C=CCn1c(=NC(=O)c2ccccc2S(=O)(=O)CC)sc2ccc([N+](=O)[O-])cc21. The molecule has 10 heteroatoms. The third kappa shape index (κ3) is 4.03. The number of hydrogen-bond acceptors (Lipinski definition) is 6. The van der Waals surface area contributed by atoms with Crippen LogP contribution in [-0.2, 0) is 16.4 Å². The summed E-state index contributed by atoms with van der Waals surface area (Å²) >= 11 is 1.18. The second-order valence-electron chi connectivity index (χ2n) is 6.01. The Hall–Kier alpha value is -3.11. The monoisotopic (exact) mass is 431 g/mol. The molecule has 0 unspecified atom stereocenters. The summed E-state index contributed by atoms with van der Waals surface area (Å²) < 4.78 is 27.0. The van der Waals surface area contributed by atoms with E-state index in [4.69, 9.17) is 0 Å². The van der Waals surface area contributed by atoms with Crippen LogP contribution in [0.1, 0.15) is 17.3 Å². The number of aromatic nitrogens is 1. The summed E-state index contributed by atoms with van der Waals surface area (Å²) in [5.41, 5.74) is 0.457. The molecule has 3 aromatic rings. The van der Waals surface area contributed by atoms with Gasteiger partial charge in [0.15, 0.2) is 14.6 Å². The van der Waals surface area contributed by atoms with Crippen molar-refractivity contribution in [2.75, 3.05) is 5.75 Å². The van der Waals surface area contributed by atoms with Crippen LogP contribution in [0.3, 0.4) is 0 Å². The van der Waals surface area contributed by atoms with Gasteiger partial charge in [-0.25, -0.2) is 8.42 Å². The highest BCUT2D eigenvalue weighted by Gasteiger charge is 2.21. The number of benzene rings is 2. The summed E-state index contributed by atoms with van der Waals surface area (Å²) in [5.74, 6) is -0.836. The first-order valence-corrected chi connectivity index (χ1v) is 11.0. The van der Waals surface area contributed by atoms with Crippen LogP contribution in [-0.4, -0.2) is 29.6 Å². The van der Waals surface area contributed by atoms with Crippen LogP contribution in [0.25, 0.3) is 10.2 Å². The number of allylic oxidation sites excluding steroid dienone is 1. The van der Waals surface area contributed by atoms with Gasteiger partial charge in [0.25, 0.3) is 11.6 Å². The molecule has 0 saturated carbocycles. The molecule has 0 radical (unpaired) electrons. The van der Waals surface area contributed by atoms with Crippen molar-refractivity contribution in [3.8, 4) is 0 Å². The minimum absolute atomic E-state index is 0.0112. The second-order valence-corrected chi connectivity index (χ2v) is 9.27. The molecule has 0 fully saturated rings. The molecule has 0 aliphatic carbocycles. The Bertz CT molecular complexity index is 1300. The van der Waals surface area contributed by atoms with Gasteiger partial charge >= 0.3 is 0 Å². The van der Waals surface area contributed by atoms with Gasteiger partial charge in [-0.15, -0.1) is 6.58 Å². The molecule has 0 aliphatic rings. The molecule has 3 rings (SSSR count). The Morgan fingerprint density at radius 3 is 2.69 bits per heavy atom. The first kappa shape index (κ1) is 20.6. The van der Waals surface area contributed by atoms with E-state index in [2.05, 4.69) is 11.6 Å². The molecular weight excluding hydrogens is 414 g/mol. The highest BCUT2D eigenvalue weighted by Crippen LogP contribution is 2.23. The minimum atomic E-state index is -3.60. The van der Waals surface area contributed by atoms with Gasteiger partial charge in [0.05, 0.1) is 31.4 Å². The number of amides is 1. The molecule has 0 saturated heterocycles. The lowest BCUT2D eigenvalue weighted by Gasteiger charge is -2.06. The summed E-state index contributed by atoms with van der Waals surface area (Å²) in [4.78, 5) is 27.8. The smallest absolute Gasteiger partial charge is 0.280 e. The largest absolute Gasteiger partial charge is 0.312 e. The van der Waals surface area contributed by atoms with E-state index < -0.39 is 20.7 Å². The van der Waals surface area contributed by atoms with Gasteiger partial charge in [-0.2, -0.15) is 4.99 Å². The molecule has 0 spiro atoms. The number of sulfone groups is 1. The Kier molecular flexibility index (Phi) is 5.76. The molecule has 2 aromatic carbocycles. The second kappa shape index (κ2) is 8.10. The Morgan fingerprint density at radius 2 is 2.03 bits per heavy atom.